The van der Waals surface area contributed by atoms with E-state index < -0.39 is 0 Å². The lowest BCUT2D eigenvalue weighted by atomic mass is 10.0. The fourth-order valence-corrected chi connectivity index (χ4v) is 4.10. The van der Waals surface area contributed by atoms with E-state index in [1.165, 1.54) is 11.1 Å². The third-order valence-electron chi connectivity index (χ3n) is 4.34. The van der Waals surface area contributed by atoms with Crippen LogP contribution in [0, 0.1) is 0 Å². The van der Waals surface area contributed by atoms with Gasteiger partial charge in [-0.2, -0.15) is 0 Å². The van der Waals surface area contributed by atoms with Gasteiger partial charge in [0.1, 0.15) is 0 Å². The third-order valence-corrected chi connectivity index (χ3v) is 5.66. The van der Waals surface area contributed by atoms with Crippen LogP contribution in [0.25, 0.3) is 0 Å². The van der Waals surface area contributed by atoms with Crippen molar-refractivity contribution in [2.45, 2.75) is 18.1 Å². The third kappa shape index (κ3) is 6.46. The average molecular weight is 394 g/mol. The molecule has 4 N–H and O–H groups in total. The van der Waals surface area contributed by atoms with E-state index in [1.54, 1.807) is 6.33 Å². The topological polar surface area (TPSA) is 79.1 Å². The number of thioether (sulfide) groups is 1. The smallest absolute Gasteiger partial charge is 0.188 e. The number of H-pyrrole nitrogens is 1. The van der Waals surface area contributed by atoms with Gasteiger partial charge in [0.25, 0.3) is 0 Å². The van der Waals surface area contributed by atoms with Crippen LogP contribution in [-0.4, -0.2) is 34.8 Å². The molecule has 1 aromatic heterocycles. The monoisotopic (exact) mass is 393 g/mol. The molecule has 0 aliphatic heterocycles. The van der Waals surface area contributed by atoms with Gasteiger partial charge in [0.15, 0.2) is 5.96 Å². The molecule has 1 heterocycles. The van der Waals surface area contributed by atoms with E-state index in [9.17, 15) is 0 Å². The number of guanidine groups is 1. The summed E-state index contributed by atoms with van der Waals surface area (Å²) in [6.45, 7) is 1.50. The predicted octanol–water partition coefficient (Wildman–Crippen LogP) is 3.77. The molecule has 0 unspecified atom stereocenters. The van der Waals surface area contributed by atoms with Gasteiger partial charge in [-0.1, -0.05) is 60.7 Å². The Labute approximate surface area is 170 Å². The van der Waals surface area contributed by atoms with Gasteiger partial charge in [0, 0.05) is 30.7 Å². The first-order valence-electron chi connectivity index (χ1n) is 9.55. The molecule has 0 fully saturated rings. The minimum Gasteiger partial charge on any atom is -0.370 e. The number of nitrogens with two attached hydrogens (primary N) is 1. The fourth-order valence-electron chi connectivity index (χ4n) is 2.94. The molecular formula is C22H27N5S. The molecule has 0 bridgehead atoms. The maximum atomic E-state index is 5.98. The largest absolute Gasteiger partial charge is 0.370 e. The number of hydrogen-bond donors (Lipinski definition) is 3. The van der Waals surface area contributed by atoms with E-state index in [2.05, 4.69) is 80.9 Å². The number of hydrogen-bond acceptors (Lipinski definition) is 3. The SMILES string of the molecule is NC(=NCCCc1cnc[nH]1)NCCSC(c1ccccc1)c1ccccc1. The molecule has 28 heavy (non-hydrogen) atoms. The zero-order valence-corrected chi connectivity index (χ0v) is 16.7. The van der Waals surface area contributed by atoms with Crippen molar-refractivity contribution in [2.75, 3.05) is 18.8 Å². The first-order valence-corrected chi connectivity index (χ1v) is 10.6. The van der Waals surface area contributed by atoms with Crippen molar-refractivity contribution in [3.8, 4) is 0 Å². The first-order chi connectivity index (χ1) is 13.8. The summed E-state index contributed by atoms with van der Waals surface area (Å²) in [6.07, 6.45) is 5.43. The molecular weight excluding hydrogens is 366 g/mol. The highest BCUT2D eigenvalue weighted by Gasteiger charge is 2.13. The molecule has 0 spiro atoms. The quantitative estimate of drug-likeness (QED) is 0.278. The van der Waals surface area contributed by atoms with Gasteiger partial charge in [-0.25, -0.2) is 4.98 Å². The highest BCUT2D eigenvalue weighted by Crippen LogP contribution is 2.35. The Morgan fingerprint density at radius 2 is 1.75 bits per heavy atom. The number of aromatic nitrogens is 2. The number of nitrogens with one attached hydrogen (secondary N) is 2. The Morgan fingerprint density at radius 3 is 2.36 bits per heavy atom. The molecule has 3 aromatic rings. The van der Waals surface area contributed by atoms with Gasteiger partial charge in [0.05, 0.1) is 11.6 Å². The van der Waals surface area contributed by atoms with Crippen LogP contribution in [-0.2, 0) is 6.42 Å². The van der Waals surface area contributed by atoms with Crippen molar-refractivity contribution < 1.29 is 0 Å². The summed E-state index contributed by atoms with van der Waals surface area (Å²) in [5, 5.41) is 3.54. The van der Waals surface area contributed by atoms with Gasteiger partial charge in [-0.15, -0.1) is 11.8 Å². The Bertz CT molecular complexity index is 779. The highest BCUT2D eigenvalue weighted by atomic mass is 32.2. The lowest BCUT2D eigenvalue weighted by molar-refractivity contribution is 0.806. The van der Waals surface area contributed by atoms with Crippen molar-refractivity contribution in [1.29, 1.82) is 0 Å². The van der Waals surface area contributed by atoms with E-state index in [4.69, 9.17) is 5.73 Å². The lowest BCUT2D eigenvalue weighted by Crippen LogP contribution is -2.33. The summed E-state index contributed by atoms with van der Waals surface area (Å²) in [7, 11) is 0. The Balaban J connectivity index is 1.43. The summed E-state index contributed by atoms with van der Waals surface area (Å²) < 4.78 is 0. The van der Waals surface area contributed by atoms with Crippen molar-refractivity contribution in [1.82, 2.24) is 15.3 Å². The number of benzene rings is 2. The highest BCUT2D eigenvalue weighted by molar-refractivity contribution is 7.99. The minimum absolute atomic E-state index is 0.316. The van der Waals surface area contributed by atoms with Crippen LogP contribution in [0.15, 0.2) is 78.2 Å². The van der Waals surface area contributed by atoms with E-state index in [1.807, 2.05) is 18.0 Å². The van der Waals surface area contributed by atoms with Crippen LogP contribution in [0.3, 0.4) is 0 Å². The average Bonchev–Trinajstić information content (AvgIpc) is 3.26. The molecule has 0 aliphatic carbocycles. The molecule has 0 atom stereocenters. The molecule has 0 saturated carbocycles. The van der Waals surface area contributed by atoms with E-state index in [0.717, 1.165) is 30.8 Å². The van der Waals surface area contributed by atoms with E-state index >= 15 is 0 Å². The van der Waals surface area contributed by atoms with Crippen molar-refractivity contribution in [3.05, 3.63) is 90.0 Å². The molecule has 5 nitrogen and oxygen atoms in total. The number of aliphatic imine (C=N–C) groups is 1. The molecule has 0 aliphatic rings. The first kappa shape index (κ1) is 20.0. The van der Waals surface area contributed by atoms with Gasteiger partial charge in [0.2, 0.25) is 0 Å². The molecule has 2 aromatic carbocycles. The van der Waals surface area contributed by atoms with Crippen LogP contribution in [0.2, 0.25) is 0 Å². The Hall–Kier alpha value is -2.73. The standard InChI is InChI=1S/C22H27N5S/c23-22(25-13-7-12-20-16-24-17-27-20)26-14-15-28-21(18-8-3-1-4-9-18)19-10-5-2-6-11-19/h1-6,8-11,16-17,21H,7,12-15H2,(H,24,27)(H3,23,25,26). The van der Waals surface area contributed by atoms with E-state index in [-0.39, 0.29) is 0 Å². The van der Waals surface area contributed by atoms with Crippen LogP contribution < -0.4 is 11.1 Å². The normalized spacial score (nSPS) is 11.7. The number of rotatable bonds is 10. The maximum absolute atomic E-state index is 5.98. The summed E-state index contributed by atoms with van der Waals surface area (Å²) in [5.74, 6) is 1.46. The molecule has 6 heteroatoms. The van der Waals surface area contributed by atoms with Gasteiger partial charge in [-0.05, 0) is 24.0 Å². The lowest BCUT2D eigenvalue weighted by Gasteiger charge is -2.18. The van der Waals surface area contributed by atoms with Crippen LogP contribution in [0.1, 0.15) is 28.5 Å². The van der Waals surface area contributed by atoms with Gasteiger partial charge < -0.3 is 16.0 Å². The van der Waals surface area contributed by atoms with Crippen molar-refractivity contribution in [2.24, 2.45) is 10.7 Å². The summed E-state index contributed by atoms with van der Waals surface area (Å²) in [6, 6.07) is 21.2. The second-order valence-electron chi connectivity index (χ2n) is 6.45. The summed E-state index contributed by atoms with van der Waals surface area (Å²) in [4.78, 5) is 11.5. The van der Waals surface area contributed by atoms with Crippen molar-refractivity contribution >= 4 is 17.7 Å². The summed E-state index contributed by atoms with van der Waals surface area (Å²) >= 11 is 1.91. The molecule has 0 radical (unpaired) electrons. The second-order valence-corrected chi connectivity index (χ2v) is 7.66. The molecule has 0 amide bonds. The van der Waals surface area contributed by atoms with E-state index in [0.29, 0.717) is 17.8 Å². The molecule has 0 saturated heterocycles. The second kappa shape index (κ2) is 11.2. The number of aryl methyl sites for hydroxylation is 1. The van der Waals surface area contributed by atoms with Crippen LogP contribution >= 0.6 is 11.8 Å². The minimum atomic E-state index is 0.316. The zero-order valence-electron chi connectivity index (χ0n) is 15.9. The van der Waals surface area contributed by atoms with Crippen molar-refractivity contribution in [3.63, 3.8) is 0 Å². The van der Waals surface area contributed by atoms with Crippen LogP contribution in [0.5, 0.6) is 0 Å². The number of imidazole rings is 1. The Kier molecular flexibility index (Phi) is 8.00. The predicted molar refractivity (Wildman–Crippen MR) is 119 cm³/mol. The number of aromatic amines is 1. The van der Waals surface area contributed by atoms with Crippen LogP contribution in [0.4, 0.5) is 0 Å². The van der Waals surface area contributed by atoms with Gasteiger partial charge >= 0.3 is 0 Å². The maximum Gasteiger partial charge on any atom is 0.188 e. The zero-order chi connectivity index (χ0) is 19.4. The summed E-state index contributed by atoms with van der Waals surface area (Å²) in [5.41, 5.74) is 9.75. The Morgan fingerprint density at radius 1 is 1.07 bits per heavy atom. The fraction of sp³-hybridized carbons (Fsp3) is 0.273. The molecule has 3 rings (SSSR count). The number of nitrogens with zero attached hydrogens (tertiary/aromatic N) is 2. The molecule has 146 valence electrons. The van der Waals surface area contributed by atoms with Gasteiger partial charge in [-0.3, -0.25) is 4.99 Å².